The fourth-order valence-corrected chi connectivity index (χ4v) is 3.12. The van der Waals surface area contributed by atoms with Crippen molar-refractivity contribution in [2.75, 3.05) is 5.73 Å². The maximum Gasteiger partial charge on any atom is 0.138 e. The van der Waals surface area contributed by atoms with Crippen LogP contribution in [0.15, 0.2) is 60.9 Å². The van der Waals surface area contributed by atoms with E-state index in [2.05, 4.69) is 15.0 Å². The molecule has 5 rings (SSSR count). The Kier molecular flexibility index (Phi) is 2.58. The molecule has 0 atom stereocenters. The summed E-state index contributed by atoms with van der Waals surface area (Å²) in [6, 6.07) is 15.6. The van der Waals surface area contributed by atoms with Crippen LogP contribution in [0.5, 0.6) is 0 Å². The molecular weight excluding hydrogens is 298 g/mol. The Balaban J connectivity index is 1.93. The van der Waals surface area contributed by atoms with Gasteiger partial charge in [0.1, 0.15) is 5.82 Å². The number of aromatic nitrogens is 4. The normalized spacial score (nSPS) is 11.5. The van der Waals surface area contributed by atoms with Gasteiger partial charge in [-0.15, -0.1) is 0 Å². The van der Waals surface area contributed by atoms with Gasteiger partial charge in [-0.1, -0.05) is 0 Å². The predicted molar refractivity (Wildman–Crippen MR) is 96.5 cm³/mol. The number of anilines is 1. The number of H-pyrrole nitrogens is 1. The number of nitrogens with one attached hydrogen (secondary N) is 1. The molecule has 5 heteroatoms. The number of benzene rings is 2. The third-order valence-corrected chi connectivity index (χ3v) is 4.25. The molecule has 0 unspecified atom stereocenters. The Bertz CT molecular complexity index is 1130. The quantitative estimate of drug-likeness (QED) is 0.363. The van der Waals surface area contributed by atoms with E-state index in [0.29, 0.717) is 0 Å². The van der Waals surface area contributed by atoms with Gasteiger partial charge in [0.2, 0.25) is 0 Å². The van der Waals surface area contributed by atoms with Gasteiger partial charge in [0, 0.05) is 34.4 Å². The maximum atomic E-state index is 5.78. The van der Waals surface area contributed by atoms with Gasteiger partial charge >= 0.3 is 0 Å². The van der Waals surface area contributed by atoms with Crippen molar-refractivity contribution in [1.29, 1.82) is 0 Å². The SMILES string of the molecule is Nc1ccc(-c2nc3c4cccnc4c4ncccc4c3[nH]2)cc1. The summed E-state index contributed by atoms with van der Waals surface area (Å²) in [5.74, 6) is 0.812. The van der Waals surface area contributed by atoms with Crippen LogP contribution in [0, 0.1) is 0 Å². The Hall–Kier alpha value is -3.47. The Morgan fingerprint density at radius 3 is 2.17 bits per heavy atom. The van der Waals surface area contributed by atoms with E-state index in [1.807, 2.05) is 48.5 Å². The van der Waals surface area contributed by atoms with Crippen LogP contribution in [0.4, 0.5) is 5.69 Å². The second-order valence-electron chi connectivity index (χ2n) is 5.73. The highest BCUT2D eigenvalue weighted by Crippen LogP contribution is 2.33. The van der Waals surface area contributed by atoms with Crippen LogP contribution in [0.2, 0.25) is 0 Å². The number of nitrogens with zero attached hydrogens (tertiary/aromatic N) is 3. The second kappa shape index (κ2) is 4.76. The van der Waals surface area contributed by atoms with Crippen LogP contribution in [0.25, 0.3) is 44.2 Å². The first-order valence-corrected chi connectivity index (χ1v) is 7.68. The Morgan fingerprint density at radius 2 is 1.42 bits per heavy atom. The zero-order chi connectivity index (χ0) is 16.1. The summed E-state index contributed by atoms with van der Waals surface area (Å²) in [4.78, 5) is 17.3. The van der Waals surface area contributed by atoms with Gasteiger partial charge in [0.25, 0.3) is 0 Å². The van der Waals surface area contributed by atoms with Crippen molar-refractivity contribution in [2.24, 2.45) is 0 Å². The van der Waals surface area contributed by atoms with E-state index in [1.54, 1.807) is 12.4 Å². The molecule has 114 valence electrons. The van der Waals surface area contributed by atoms with E-state index in [0.717, 1.165) is 49.9 Å². The van der Waals surface area contributed by atoms with Gasteiger partial charge in [0.05, 0.1) is 22.1 Å². The zero-order valence-electron chi connectivity index (χ0n) is 12.7. The van der Waals surface area contributed by atoms with Crippen LogP contribution < -0.4 is 5.73 Å². The molecule has 0 bridgehead atoms. The van der Waals surface area contributed by atoms with Crippen molar-refractivity contribution in [3.8, 4) is 11.4 Å². The number of pyridine rings is 2. The fourth-order valence-electron chi connectivity index (χ4n) is 3.12. The smallest absolute Gasteiger partial charge is 0.138 e. The van der Waals surface area contributed by atoms with Gasteiger partial charge in [-0.2, -0.15) is 0 Å². The molecule has 5 aromatic rings. The Morgan fingerprint density at radius 1 is 0.750 bits per heavy atom. The standard InChI is InChI=1S/C19H13N5/c20-12-7-5-11(6-8-12)19-23-17-13-3-1-9-21-15(13)16-14(18(17)24-19)4-2-10-22-16/h1-10H,20H2,(H,23,24). The van der Waals surface area contributed by atoms with Gasteiger partial charge in [-0.3, -0.25) is 9.97 Å². The molecule has 0 aliphatic carbocycles. The molecule has 0 aliphatic rings. The number of hydrogen-bond acceptors (Lipinski definition) is 4. The molecule has 0 spiro atoms. The molecular formula is C19H13N5. The maximum absolute atomic E-state index is 5.78. The van der Waals surface area contributed by atoms with Gasteiger partial charge < -0.3 is 10.7 Å². The van der Waals surface area contributed by atoms with Crippen LogP contribution in [0.1, 0.15) is 0 Å². The van der Waals surface area contributed by atoms with Gasteiger partial charge in [0.15, 0.2) is 0 Å². The van der Waals surface area contributed by atoms with E-state index < -0.39 is 0 Å². The summed E-state index contributed by atoms with van der Waals surface area (Å²) in [5, 5.41) is 2.02. The van der Waals surface area contributed by atoms with E-state index in [4.69, 9.17) is 10.7 Å². The van der Waals surface area contributed by atoms with Crippen LogP contribution >= 0.6 is 0 Å². The summed E-state index contributed by atoms with van der Waals surface area (Å²) in [7, 11) is 0. The highest BCUT2D eigenvalue weighted by Gasteiger charge is 2.14. The number of aromatic amines is 1. The van der Waals surface area contributed by atoms with E-state index >= 15 is 0 Å². The average molecular weight is 311 g/mol. The molecule has 3 heterocycles. The topological polar surface area (TPSA) is 80.5 Å². The van der Waals surface area contributed by atoms with Crippen LogP contribution in [-0.2, 0) is 0 Å². The molecule has 24 heavy (non-hydrogen) atoms. The molecule has 3 aromatic heterocycles. The van der Waals surface area contributed by atoms with Crippen molar-refractivity contribution in [2.45, 2.75) is 0 Å². The highest BCUT2D eigenvalue weighted by atomic mass is 14.9. The van der Waals surface area contributed by atoms with E-state index in [1.165, 1.54) is 0 Å². The summed E-state index contributed by atoms with van der Waals surface area (Å²) in [5.41, 5.74) is 11.2. The zero-order valence-corrected chi connectivity index (χ0v) is 12.7. The second-order valence-corrected chi connectivity index (χ2v) is 5.73. The van der Waals surface area contributed by atoms with Crippen molar-refractivity contribution in [3.05, 3.63) is 60.9 Å². The number of imidazole rings is 1. The molecule has 3 N–H and O–H groups in total. The van der Waals surface area contributed by atoms with Crippen molar-refractivity contribution < 1.29 is 0 Å². The molecule has 0 aliphatic heterocycles. The van der Waals surface area contributed by atoms with Crippen molar-refractivity contribution in [3.63, 3.8) is 0 Å². The molecule has 0 radical (unpaired) electrons. The monoisotopic (exact) mass is 311 g/mol. The lowest BCUT2D eigenvalue weighted by molar-refractivity contribution is 1.34. The number of hydrogen-bond donors (Lipinski definition) is 2. The summed E-state index contributed by atoms with van der Waals surface area (Å²) >= 11 is 0. The lowest BCUT2D eigenvalue weighted by atomic mass is 10.1. The molecule has 2 aromatic carbocycles. The first kappa shape index (κ1) is 13.0. The van der Waals surface area contributed by atoms with E-state index in [9.17, 15) is 0 Å². The van der Waals surface area contributed by atoms with Crippen molar-refractivity contribution in [1.82, 2.24) is 19.9 Å². The molecule has 0 saturated heterocycles. The third kappa shape index (κ3) is 1.78. The minimum absolute atomic E-state index is 0.735. The lowest BCUT2D eigenvalue weighted by Gasteiger charge is -2.03. The molecule has 0 fully saturated rings. The fraction of sp³-hybridized carbons (Fsp3) is 0. The molecule has 0 saturated carbocycles. The highest BCUT2D eigenvalue weighted by molar-refractivity contribution is 6.20. The number of nitrogens with two attached hydrogens (primary N) is 1. The Labute approximate surface area is 137 Å². The summed E-state index contributed by atoms with van der Waals surface area (Å²) < 4.78 is 0. The number of rotatable bonds is 1. The van der Waals surface area contributed by atoms with Crippen LogP contribution in [0.3, 0.4) is 0 Å². The van der Waals surface area contributed by atoms with Gasteiger partial charge in [-0.25, -0.2) is 4.98 Å². The summed E-state index contributed by atoms with van der Waals surface area (Å²) in [6.07, 6.45) is 3.58. The largest absolute Gasteiger partial charge is 0.399 e. The van der Waals surface area contributed by atoms with Gasteiger partial charge in [-0.05, 0) is 48.5 Å². The molecule has 5 nitrogen and oxygen atoms in total. The first-order valence-electron chi connectivity index (χ1n) is 7.68. The summed E-state index contributed by atoms with van der Waals surface area (Å²) in [6.45, 7) is 0. The number of nitrogen functional groups attached to an aromatic ring is 1. The third-order valence-electron chi connectivity index (χ3n) is 4.25. The molecule has 0 amide bonds. The first-order chi connectivity index (χ1) is 11.8. The minimum atomic E-state index is 0.735. The predicted octanol–water partition coefficient (Wildman–Crippen LogP) is 3.91. The average Bonchev–Trinajstić information content (AvgIpc) is 3.08. The van der Waals surface area contributed by atoms with E-state index in [-0.39, 0.29) is 0 Å². The lowest BCUT2D eigenvalue weighted by Crippen LogP contribution is -1.86. The van der Waals surface area contributed by atoms with Crippen LogP contribution in [-0.4, -0.2) is 19.9 Å². The number of fused-ring (bicyclic) bond motifs is 6. The minimum Gasteiger partial charge on any atom is -0.399 e. The van der Waals surface area contributed by atoms with Crippen molar-refractivity contribution >= 4 is 38.5 Å².